The van der Waals surface area contributed by atoms with Gasteiger partial charge in [0, 0.05) is 41.5 Å². The average molecular weight is 529 g/mol. The molecular weight excluding hydrogens is 500 g/mol. The highest BCUT2D eigenvalue weighted by atomic mass is 32.2. The van der Waals surface area contributed by atoms with Crippen molar-refractivity contribution in [3.8, 4) is 17.1 Å². The molecule has 8 nitrogen and oxygen atoms in total. The zero-order valence-electron chi connectivity index (χ0n) is 20.9. The number of nitrogens with one attached hydrogen (secondary N) is 2. The zero-order valence-corrected chi connectivity index (χ0v) is 21.7. The van der Waals surface area contributed by atoms with E-state index in [1.807, 2.05) is 78.9 Å². The summed E-state index contributed by atoms with van der Waals surface area (Å²) in [5.74, 6) is 2.31. The lowest BCUT2D eigenvalue weighted by Crippen LogP contribution is -2.21. The third-order valence-corrected chi connectivity index (χ3v) is 6.86. The van der Waals surface area contributed by atoms with Gasteiger partial charge in [-0.1, -0.05) is 36.4 Å². The molecule has 0 amide bonds. The third-order valence-electron chi connectivity index (χ3n) is 5.92. The summed E-state index contributed by atoms with van der Waals surface area (Å²) in [7, 11) is -2.98. The van der Waals surface area contributed by atoms with Crippen LogP contribution in [0, 0.1) is 0 Å². The van der Waals surface area contributed by atoms with Crippen molar-refractivity contribution in [3.05, 3.63) is 103 Å². The van der Waals surface area contributed by atoms with Gasteiger partial charge in [-0.15, -0.1) is 0 Å². The van der Waals surface area contributed by atoms with E-state index in [-0.39, 0.29) is 5.75 Å². The molecule has 0 aliphatic heterocycles. The first kappa shape index (κ1) is 25.4. The number of fused-ring (bicyclic) bond motifs is 1. The van der Waals surface area contributed by atoms with Crippen molar-refractivity contribution in [1.82, 2.24) is 15.3 Å². The lowest BCUT2D eigenvalue weighted by Gasteiger charge is -2.10. The molecule has 0 spiro atoms. The van der Waals surface area contributed by atoms with Gasteiger partial charge in [0.15, 0.2) is 0 Å². The SMILES string of the molecule is CS(=O)(=O)CCNCc1coc(-c2ccc3c(Nc4ccc(OCc5ccccc5)cc4)ncnc3c2)c1. The van der Waals surface area contributed by atoms with Crippen molar-refractivity contribution >= 4 is 32.2 Å². The van der Waals surface area contributed by atoms with E-state index in [2.05, 4.69) is 20.6 Å². The molecule has 0 aliphatic carbocycles. The van der Waals surface area contributed by atoms with Gasteiger partial charge in [0.05, 0.1) is 17.5 Å². The molecule has 0 saturated heterocycles. The molecule has 5 rings (SSSR count). The van der Waals surface area contributed by atoms with Gasteiger partial charge in [-0.05, 0) is 48.0 Å². The number of aromatic nitrogens is 2. The molecule has 0 fully saturated rings. The van der Waals surface area contributed by atoms with Crippen LogP contribution in [0.1, 0.15) is 11.1 Å². The van der Waals surface area contributed by atoms with Gasteiger partial charge >= 0.3 is 0 Å². The molecule has 2 aromatic heterocycles. The lowest BCUT2D eigenvalue weighted by atomic mass is 10.1. The fourth-order valence-electron chi connectivity index (χ4n) is 3.93. The summed E-state index contributed by atoms with van der Waals surface area (Å²) in [6, 6.07) is 25.7. The van der Waals surface area contributed by atoms with Gasteiger partial charge in [-0.2, -0.15) is 0 Å². The molecule has 194 valence electrons. The van der Waals surface area contributed by atoms with E-state index < -0.39 is 9.84 Å². The van der Waals surface area contributed by atoms with E-state index >= 15 is 0 Å². The first-order chi connectivity index (χ1) is 18.4. The van der Waals surface area contributed by atoms with Crippen LogP contribution in [-0.2, 0) is 23.0 Å². The van der Waals surface area contributed by atoms with Gasteiger partial charge < -0.3 is 19.8 Å². The smallest absolute Gasteiger partial charge is 0.148 e. The normalized spacial score (nSPS) is 11.5. The maximum atomic E-state index is 11.3. The van der Waals surface area contributed by atoms with E-state index in [9.17, 15) is 8.42 Å². The number of hydrogen-bond acceptors (Lipinski definition) is 8. The van der Waals surface area contributed by atoms with Crippen LogP contribution in [0.4, 0.5) is 11.5 Å². The fourth-order valence-corrected chi connectivity index (χ4v) is 4.45. The molecule has 0 aliphatic rings. The van der Waals surface area contributed by atoms with Gasteiger partial charge in [0.25, 0.3) is 0 Å². The summed E-state index contributed by atoms with van der Waals surface area (Å²) in [6.07, 6.45) is 4.44. The number of nitrogens with zero attached hydrogens (tertiary/aromatic N) is 2. The molecule has 0 unspecified atom stereocenters. The second kappa shape index (κ2) is 11.5. The molecule has 0 atom stereocenters. The Balaban J connectivity index is 1.23. The van der Waals surface area contributed by atoms with Crippen LogP contribution in [0.5, 0.6) is 5.75 Å². The summed E-state index contributed by atoms with van der Waals surface area (Å²) < 4.78 is 34.2. The van der Waals surface area contributed by atoms with Crippen molar-refractivity contribution in [3.63, 3.8) is 0 Å². The van der Waals surface area contributed by atoms with E-state index in [1.54, 1.807) is 6.26 Å². The van der Waals surface area contributed by atoms with Gasteiger partial charge in [0.1, 0.15) is 40.1 Å². The van der Waals surface area contributed by atoms with Crippen molar-refractivity contribution in [2.75, 3.05) is 23.9 Å². The summed E-state index contributed by atoms with van der Waals surface area (Å²) in [5, 5.41) is 7.38. The Morgan fingerprint density at radius 1 is 0.921 bits per heavy atom. The molecule has 3 aromatic carbocycles. The average Bonchev–Trinajstić information content (AvgIpc) is 3.40. The van der Waals surface area contributed by atoms with Crippen LogP contribution in [0.15, 0.2) is 95.9 Å². The summed E-state index contributed by atoms with van der Waals surface area (Å²) in [6.45, 7) is 1.44. The Morgan fingerprint density at radius 2 is 1.74 bits per heavy atom. The topological polar surface area (TPSA) is 106 Å². The molecule has 0 bridgehead atoms. The second-order valence-corrected chi connectivity index (χ2v) is 11.3. The maximum Gasteiger partial charge on any atom is 0.148 e. The predicted octanol–water partition coefficient (Wildman–Crippen LogP) is 5.35. The lowest BCUT2D eigenvalue weighted by molar-refractivity contribution is 0.306. The molecule has 0 saturated carbocycles. The Hall–Kier alpha value is -4.21. The maximum absolute atomic E-state index is 11.3. The van der Waals surface area contributed by atoms with Crippen LogP contribution >= 0.6 is 0 Å². The van der Waals surface area contributed by atoms with Crippen molar-refractivity contribution < 1.29 is 17.6 Å². The monoisotopic (exact) mass is 528 g/mol. The Bertz CT molecular complexity index is 1620. The standard InChI is InChI=1S/C29H28N4O4S/c1-38(34,35)14-13-30-17-22-15-28(37-19-22)23-7-12-26-27(16-23)31-20-32-29(26)33-24-8-10-25(11-9-24)36-18-21-5-3-2-4-6-21/h2-12,15-16,19-20,30H,13-14,17-18H2,1H3,(H,31,32,33). The van der Waals surface area contributed by atoms with Crippen molar-refractivity contribution in [1.29, 1.82) is 0 Å². The quantitative estimate of drug-likeness (QED) is 0.221. The molecule has 5 aromatic rings. The molecule has 9 heteroatoms. The Labute approximate surface area is 221 Å². The van der Waals surface area contributed by atoms with E-state index in [0.717, 1.165) is 39.0 Å². The molecule has 2 N–H and O–H groups in total. The van der Waals surface area contributed by atoms with Crippen molar-refractivity contribution in [2.24, 2.45) is 0 Å². The zero-order chi connectivity index (χ0) is 26.4. The van der Waals surface area contributed by atoms with E-state index in [1.165, 1.54) is 12.6 Å². The van der Waals surface area contributed by atoms with Gasteiger partial charge in [-0.25, -0.2) is 18.4 Å². The van der Waals surface area contributed by atoms with E-state index in [4.69, 9.17) is 9.15 Å². The largest absolute Gasteiger partial charge is 0.489 e. The van der Waals surface area contributed by atoms with Crippen LogP contribution in [0.2, 0.25) is 0 Å². The van der Waals surface area contributed by atoms with Crippen LogP contribution < -0.4 is 15.4 Å². The number of furan rings is 1. The molecular formula is C29H28N4O4S. The first-order valence-corrected chi connectivity index (χ1v) is 14.2. The molecule has 0 radical (unpaired) electrons. The number of rotatable bonds is 11. The Morgan fingerprint density at radius 3 is 2.53 bits per heavy atom. The van der Waals surface area contributed by atoms with Crippen molar-refractivity contribution in [2.45, 2.75) is 13.2 Å². The minimum Gasteiger partial charge on any atom is -0.489 e. The third kappa shape index (κ3) is 6.76. The number of sulfone groups is 1. The van der Waals surface area contributed by atoms with Crippen LogP contribution in [-0.4, -0.2) is 36.9 Å². The summed E-state index contributed by atoms with van der Waals surface area (Å²) in [4.78, 5) is 8.88. The van der Waals surface area contributed by atoms with E-state index in [0.29, 0.717) is 31.3 Å². The number of anilines is 2. The van der Waals surface area contributed by atoms with Gasteiger partial charge in [-0.3, -0.25) is 0 Å². The highest BCUT2D eigenvalue weighted by molar-refractivity contribution is 7.90. The summed E-state index contributed by atoms with van der Waals surface area (Å²) in [5.41, 5.74) is 4.63. The number of benzene rings is 3. The second-order valence-electron chi connectivity index (χ2n) is 9.00. The minimum atomic E-state index is -2.98. The first-order valence-electron chi connectivity index (χ1n) is 12.2. The highest BCUT2D eigenvalue weighted by Crippen LogP contribution is 2.29. The summed E-state index contributed by atoms with van der Waals surface area (Å²) >= 11 is 0. The molecule has 38 heavy (non-hydrogen) atoms. The molecule has 2 heterocycles. The number of ether oxygens (including phenoxy) is 1. The van der Waals surface area contributed by atoms with Gasteiger partial charge in [0.2, 0.25) is 0 Å². The highest BCUT2D eigenvalue weighted by Gasteiger charge is 2.10. The predicted molar refractivity (Wildman–Crippen MR) is 149 cm³/mol. The van der Waals surface area contributed by atoms with Crippen LogP contribution in [0.3, 0.4) is 0 Å². The van der Waals surface area contributed by atoms with Crippen LogP contribution in [0.25, 0.3) is 22.2 Å². The number of hydrogen-bond donors (Lipinski definition) is 2. The Kier molecular flexibility index (Phi) is 7.67. The minimum absolute atomic E-state index is 0.102. The fraction of sp³-hybridized carbons (Fsp3) is 0.172.